The van der Waals surface area contributed by atoms with Crippen molar-refractivity contribution in [3.05, 3.63) is 34.9 Å². The zero-order chi connectivity index (χ0) is 15.2. The molecule has 5 nitrogen and oxygen atoms in total. The van der Waals surface area contributed by atoms with Gasteiger partial charge in [-0.05, 0) is 42.5 Å². The molecule has 2 rings (SSSR count). The molecule has 0 radical (unpaired) electrons. The third kappa shape index (κ3) is 4.29. The van der Waals surface area contributed by atoms with E-state index in [1.54, 1.807) is 0 Å². The van der Waals surface area contributed by atoms with Crippen LogP contribution in [0.5, 0.6) is 0 Å². The van der Waals surface area contributed by atoms with E-state index in [1.165, 1.54) is 5.56 Å². The monoisotopic (exact) mass is 290 g/mol. The Hall–Kier alpha value is -1.88. The summed E-state index contributed by atoms with van der Waals surface area (Å²) in [4.78, 5) is 22.8. The molecule has 21 heavy (non-hydrogen) atoms. The fraction of sp³-hybridized carbons (Fsp3) is 0.500. The van der Waals surface area contributed by atoms with Crippen LogP contribution in [0.25, 0.3) is 0 Å². The lowest BCUT2D eigenvalue weighted by Gasteiger charge is -2.20. The standard InChI is InChI=1S/C16H22N2O3/c1-11(5-6-15(19)20)9-18-16(21)14-4-2-3-12-10-17-8-7-13(12)14/h2-4,11,17H,5-10H2,1H3,(H,18,21)(H,19,20). The number of hydrogen-bond donors (Lipinski definition) is 3. The van der Waals surface area contributed by atoms with E-state index in [1.807, 2.05) is 25.1 Å². The maximum Gasteiger partial charge on any atom is 0.303 e. The molecule has 1 aliphatic heterocycles. The van der Waals surface area contributed by atoms with Gasteiger partial charge >= 0.3 is 5.97 Å². The Morgan fingerprint density at radius 2 is 2.24 bits per heavy atom. The van der Waals surface area contributed by atoms with Gasteiger partial charge in [-0.25, -0.2) is 0 Å². The normalized spacial score (nSPS) is 15.1. The Kier molecular flexibility index (Phi) is 5.33. The summed E-state index contributed by atoms with van der Waals surface area (Å²) in [6, 6.07) is 5.82. The van der Waals surface area contributed by atoms with E-state index in [9.17, 15) is 9.59 Å². The number of aliphatic carboxylic acids is 1. The lowest BCUT2D eigenvalue weighted by atomic mass is 9.95. The molecular formula is C16H22N2O3. The average molecular weight is 290 g/mol. The van der Waals surface area contributed by atoms with E-state index in [2.05, 4.69) is 10.6 Å². The molecule has 1 amide bonds. The molecule has 5 heteroatoms. The molecule has 1 unspecified atom stereocenters. The quantitative estimate of drug-likeness (QED) is 0.743. The maximum absolute atomic E-state index is 12.3. The smallest absolute Gasteiger partial charge is 0.303 e. The highest BCUT2D eigenvalue weighted by molar-refractivity contribution is 5.96. The van der Waals surface area contributed by atoms with Crippen LogP contribution in [0.1, 0.15) is 41.3 Å². The van der Waals surface area contributed by atoms with Gasteiger partial charge in [0.1, 0.15) is 0 Å². The summed E-state index contributed by atoms with van der Waals surface area (Å²) in [5.74, 6) is -0.694. The van der Waals surface area contributed by atoms with Gasteiger partial charge < -0.3 is 15.7 Å². The summed E-state index contributed by atoms with van der Waals surface area (Å²) in [7, 11) is 0. The minimum absolute atomic E-state index is 0.0593. The van der Waals surface area contributed by atoms with E-state index in [0.717, 1.165) is 30.6 Å². The molecule has 1 aliphatic rings. The van der Waals surface area contributed by atoms with Crippen molar-refractivity contribution in [2.75, 3.05) is 13.1 Å². The van der Waals surface area contributed by atoms with Crippen LogP contribution in [0.2, 0.25) is 0 Å². The molecule has 1 heterocycles. The van der Waals surface area contributed by atoms with Gasteiger partial charge in [0, 0.05) is 25.1 Å². The number of rotatable bonds is 6. The summed E-state index contributed by atoms with van der Waals surface area (Å²) in [5.41, 5.74) is 3.07. The maximum atomic E-state index is 12.3. The van der Waals surface area contributed by atoms with Gasteiger partial charge in [0.05, 0.1) is 0 Å². The summed E-state index contributed by atoms with van der Waals surface area (Å²) in [5, 5.41) is 14.9. The van der Waals surface area contributed by atoms with Crippen LogP contribution in [0.3, 0.4) is 0 Å². The van der Waals surface area contributed by atoms with Gasteiger partial charge in [0.2, 0.25) is 0 Å². The molecule has 0 aromatic heterocycles. The first-order chi connectivity index (χ1) is 10.1. The molecule has 0 spiro atoms. The number of benzene rings is 1. The highest BCUT2D eigenvalue weighted by Gasteiger charge is 2.17. The number of hydrogen-bond acceptors (Lipinski definition) is 3. The summed E-state index contributed by atoms with van der Waals surface area (Å²) >= 11 is 0. The van der Waals surface area contributed by atoms with E-state index in [4.69, 9.17) is 5.11 Å². The van der Waals surface area contributed by atoms with Crippen molar-refractivity contribution < 1.29 is 14.7 Å². The lowest BCUT2D eigenvalue weighted by molar-refractivity contribution is -0.137. The van der Waals surface area contributed by atoms with E-state index >= 15 is 0 Å². The van der Waals surface area contributed by atoms with Crippen LogP contribution in [-0.4, -0.2) is 30.1 Å². The number of carbonyl (C=O) groups is 2. The molecule has 1 aromatic carbocycles. The summed E-state index contributed by atoms with van der Waals surface area (Å²) < 4.78 is 0. The molecule has 114 valence electrons. The van der Waals surface area contributed by atoms with E-state index in [0.29, 0.717) is 13.0 Å². The highest BCUT2D eigenvalue weighted by atomic mass is 16.4. The molecule has 0 saturated carbocycles. The summed E-state index contributed by atoms with van der Waals surface area (Å²) in [6.45, 7) is 4.17. The van der Waals surface area contributed by atoms with Gasteiger partial charge in [0.15, 0.2) is 0 Å². The summed E-state index contributed by atoms with van der Waals surface area (Å²) in [6.07, 6.45) is 1.59. The SMILES string of the molecule is CC(CCC(=O)O)CNC(=O)c1cccc2c1CCNC2. The minimum atomic E-state index is -0.794. The van der Waals surface area contributed by atoms with Crippen LogP contribution in [0.15, 0.2) is 18.2 Å². The van der Waals surface area contributed by atoms with Crippen LogP contribution in [0.4, 0.5) is 0 Å². The second kappa shape index (κ2) is 7.22. The third-order valence-corrected chi connectivity index (χ3v) is 3.85. The Morgan fingerprint density at radius 3 is 3.00 bits per heavy atom. The number of amides is 1. The molecule has 0 bridgehead atoms. The second-order valence-corrected chi connectivity index (χ2v) is 5.62. The first-order valence-electron chi connectivity index (χ1n) is 7.39. The highest BCUT2D eigenvalue weighted by Crippen LogP contribution is 2.18. The van der Waals surface area contributed by atoms with Crippen LogP contribution >= 0.6 is 0 Å². The van der Waals surface area contributed by atoms with Crippen molar-refractivity contribution in [3.63, 3.8) is 0 Å². The number of carbonyl (C=O) groups excluding carboxylic acids is 1. The Bertz CT molecular complexity index is 528. The van der Waals surface area contributed by atoms with Crippen LogP contribution in [-0.2, 0) is 17.8 Å². The molecule has 3 N–H and O–H groups in total. The topological polar surface area (TPSA) is 78.4 Å². The molecule has 1 aromatic rings. The largest absolute Gasteiger partial charge is 0.481 e. The molecule has 0 aliphatic carbocycles. The zero-order valence-electron chi connectivity index (χ0n) is 12.3. The average Bonchev–Trinajstić information content (AvgIpc) is 2.50. The molecule has 0 fully saturated rings. The van der Waals surface area contributed by atoms with Gasteiger partial charge in [-0.15, -0.1) is 0 Å². The van der Waals surface area contributed by atoms with Crippen molar-refractivity contribution >= 4 is 11.9 Å². The first kappa shape index (κ1) is 15.5. The first-order valence-corrected chi connectivity index (χ1v) is 7.39. The third-order valence-electron chi connectivity index (χ3n) is 3.85. The zero-order valence-corrected chi connectivity index (χ0v) is 12.3. The number of carboxylic acid groups (broad SMARTS) is 1. The van der Waals surface area contributed by atoms with Crippen molar-refractivity contribution in [2.24, 2.45) is 5.92 Å². The van der Waals surface area contributed by atoms with Crippen molar-refractivity contribution in [3.8, 4) is 0 Å². The van der Waals surface area contributed by atoms with Crippen molar-refractivity contribution in [1.29, 1.82) is 0 Å². The second-order valence-electron chi connectivity index (χ2n) is 5.62. The fourth-order valence-corrected chi connectivity index (χ4v) is 2.58. The van der Waals surface area contributed by atoms with Gasteiger partial charge in [-0.3, -0.25) is 9.59 Å². The lowest BCUT2D eigenvalue weighted by Crippen LogP contribution is -2.31. The fourth-order valence-electron chi connectivity index (χ4n) is 2.58. The van der Waals surface area contributed by atoms with Crippen molar-refractivity contribution in [2.45, 2.75) is 32.7 Å². The van der Waals surface area contributed by atoms with Gasteiger partial charge in [0.25, 0.3) is 5.91 Å². The van der Waals surface area contributed by atoms with Gasteiger partial charge in [-0.2, -0.15) is 0 Å². The van der Waals surface area contributed by atoms with Crippen LogP contribution in [0, 0.1) is 5.92 Å². The Morgan fingerprint density at radius 1 is 1.43 bits per heavy atom. The van der Waals surface area contributed by atoms with Gasteiger partial charge in [-0.1, -0.05) is 19.1 Å². The molecule has 0 saturated heterocycles. The minimum Gasteiger partial charge on any atom is -0.481 e. The Balaban J connectivity index is 1.93. The predicted octanol–water partition coefficient (Wildman–Crippen LogP) is 1.56. The van der Waals surface area contributed by atoms with E-state index in [-0.39, 0.29) is 18.2 Å². The Labute approximate surface area is 124 Å². The predicted molar refractivity (Wildman–Crippen MR) is 80.2 cm³/mol. The number of fused-ring (bicyclic) bond motifs is 1. The number of nitrogens with one attached hydrogen (secondary N) is 2. The van der Waals surface area contributed by atoms with Crippen LogP contribution < -0.4 is 10.6 Å². The molecule has 1 atom stereocenters. The van der Waals surface area contributed by atoms with Crippen molar-refractivity contribution in [1.82, 2.24) is 10.6 Å². The number of carboxylic acids is 1. The van der Waals surface area contributed by atoms with E-state index < -0.39 is 5.97 Å². The molecular weight excluding hydrogens is 268 g/mol.